The van der Waals surface area contributed by atoms with Crippen molar-refractivity contribution in [1.29, 1.82) is 0 Å². The summed E-state index contributed by atoms with van der Waals surface area (Å²) in [7, 11) is 1.58. The van der Waals surface area contributed by atoms with E-state index in [4.69, 9.17) is 21.4 Å². The van der Waals surface area contributed by atoms with E-state index < -0.39 is 0 Å². The zero-order valence-corrected chi connectivity index (χ0v) is 13.3. The number of aliphatic hydroxyl groups is 1. The van der Waals surface area contributed by atoms with Crippen molar-refractivity contribution in [3.05, 3.63) is 45.1 Å². The van der Waals surface area contributed by atoms with Gasteiger partial charge < -0.3 is 15.2 Å². The molecule has 110 valence electrons. The Hall–Kier alpha value is -1.17. The first kappa shape index (κ1) is 16.9. The summed E-state index contributed by atoms with van der Waals surface area (Å²) < 4.78 is 5.18. The third-order valence-electron chi connectivity index (χ3n) is 2.83. The van der Waals surface area contributed by atoms with Crippen molar-refractivity contribution in [2.75, 3.05) is 13.8 Å². The number of carbonyl (C=O) groups excluding carboxylic acids is 1. The van der Waals surface area contributed by atoms with E-state index in [0.29, 0.717) is 17.2 Å². The molecule has 0 unspecified atom stereocenters. The smallest absolute Gasteiger partial charge is 0.285 e. The zero-order valence-electron chi connectivity index (χ0n) is 11.7. The van der Waals surface area contributed by atoms with Gasteiger partial charge in [-0.25, -0.2) is 0 Å². The number of hydrogen-bond acceptors (Lipinski definition) is 4. The molecule has 0 saturated heterocycles. The molecule has 6 heteroatoms. The van der Waals surface area contributed by atoms with Gasteiger partial charge in [-0.05, 0) is 47.7 Å². The van der Waals surface area contributed by atoms with Gasteiger partial charge in [-0.15, -0.1) is 0 Å². The second kappa shape index (κ2) is 8.19. The molecular weight excluding hydrogens is 298 g/mol. The molecule has 20 heavy (non-hydrogen) atoms. The lowest BCUT2D eigenvalue weighted by Gasteiger charge is -2.08. The van der Waals surface area contributed by atoms with Gasteiger partial charge in [0.15, 0.2) is 0 Å². The first-order valence-corrected chi connectivity index (χ1v) is 7.24. The Morgan fingerprint density at radius 3 is 2.80 bits per heavy atom. The van der Waals surface area contributed by atoms with Gasteiger partial charge in [0.05, 0.1) is 12.1 Å². The van der Waals surface area contributed by atoms with Crippen LogP contribution in [0, 0.1) is 0 Å². The molecule has 0 saturated carbocycles. The van der Waals surface area contributed by atoms with Gasteiger partial charge in [0, 0.05) is 6.42 Å². The van der Waals surface area contributed by atoms with Crippen LogP contribution in [0.15, 0.2) is 45.1 Å². The van der Waals surface area contributed by atoms with Gasteiger partial charge in [-0.3, -0.25) is 4.79 Å². The summed E-state index contributed by atoms with van der Waals surface area (Å²) in [6.07, 6.45) is 6.31. The van der Waals surface area contributed by atoms with E-state index in [2.05, 4.69) is 5.32 Å². The fourth-order valence-corrected chi connectivity index (χ4v) is 2.50. The van der Waals surface area contributed by atoms with Crippen LogP contribution in [0.25, 0.3) is 0 Å². The molecule has 1 amide bonds. The summed E-state index contributed by atoms with van der Waals surface area (Å²) in [6, 6.07) is 0. The van der Waals surface area contributed by atoms with E-state index in [9.17, 15) is 4.79 Å². The molecule has 0 aliphatic heterocycles. The van der Waals surface area contributed by atoms with Crippen LogP contribution >= 0.6 is 23.4 Å². The van der Waals surface area contributed by atoms with Crippen LogP contribution in [0.1, 0.15) is 20.3 Å². The summed E-state index contributed by atoms with van der Waals surface area (Å²) in [4.78, 5) is 12.3. The maximum absolute atomic E-state index is 11.4. The SMILES string of the molecule is COC1=C(Cl)CC=C(/C(C)=C(\C)SC(=O)NCO)C=C1. The van der Waals surface area contributed by atoms with E-state index in [1.54, 1.807) is 7.11 Å². The number of amides is 1. The van der Waals surface area contributed by atoms with Crippen molar-refractivity contribution in [3.63, 3.8) is 0 Å². The van der Waals surface area contributed by atoms with Crippen LogP contribution in [0.5, 0.6) is 0 Å². The van der Waals surface area contributed by atoms with Crippen LogP contribution in [-0.4, -0.2) is 24.2 Å². The summed E-state index contributed by atoms with van der Waals surface area (Å²) >= 11 is 7.17. The minimum Gasteiger partial charge on any atom is -0.496 e. The van der Waals surface area contributed by atoms with Crippen molar-refractivity contribution in [2.45, 2.75) is 20.3 Å². The third-order valence-corrected chi connectivity index (χ3v) is 4.12. The number of hydrogen-bond donors (Lipinski definition) is 2. The Bertz CT molecular complexity index is 507. The normalized spacial score (nSPS) is 16.4. The van der Waals surface area contributed by atoms with E-state index in [1.807, 2.05) is 32.1 Å². The Balaban J connectivity index is 2.87. The molecule has 0 fully saturated rings. The number of nitrogens with one attached hydrogen (secondary N) is 1. The average molecular weight is 316 g/mol. The Labute approximate surface area is 128 Å². The predicted octanol–water partition coefficient (Wildman–Crippen LogP) is 3.66. The van der Waals surface area contributed by atoms with Crippen molar-refractivity contribution >= 4 is 28.6 Å². The number of methoxy groups -OCH3 is 1. The van der Waals surface area contributed by atoms with Gasteiger partial charge in [-0.1, -0.05) is 23.8 Å². The highest BCUT2D eigenvalue weighted by Crippen LogP contribution is 2.29. The molecule has 0 aromatic heterocycles. The van der Waals surface area contributed by atoms with Crippen LogP contribution in [0.3, 0.4) is 0 Å². The number of carbonyl (C=O) groups is 1. The minimum atomic E-state index is -0.364. The number of halogens is 1. The summed E-state index contributed by atoms with van der Waals surface area (Å²) in [6.45, 7) is 3.44. The first-order valence-electron chi connectivity index (χ1n) is 6.04. The second-order valence-electron chi connectivity index (χ2n) is 4.08. The van der Waals surface area contributed by atoms with Crippen molar-refractivity contribution in [1.82, 2.24) is 5.32 Å². The summed E-state index contributed by atoms with van der Waals surface area (Å²) in [5, 5.41) is 11.3. The molecule has 0 radical (unpaired) electrons. The lowest BCUT2D eigenvalue weighted by Crippen LogP contribution is -2.19. The molecule has 0 aromatic rings. The minimum absolute atomic E-state index is 0.281. The predicted molar refractivity (Wildman–Crippen MR) is 83.3 cm³/mol. The van der Waals surface area contributed by atoms with E-state index in [0.717, 1.165) is 27.8 Å². The van der Waals surface area contributed by atoms with Gasteiger partial charge >= 0.3 is 0 Å². The first-order chi connectivity index (χ1) is 9.49. The average Bonchev–Trinajstić information content (AvgIpc) is 2.59. The summed E-state index contributed by atoms with van der Waals surface area (Å²) in [5.41, 5.74) is 1.98. The lowest BCUT2D eigenvalue weighted by molar-refractivity contribution is 0.236. The topological polar surface area (TPSA) is 58.6 Å². The number of aliphatic hydroxyl groups excluding tert-OH is 1. The highest BCUT2D eigenvalue weighted by Gasteiger charge is 2.10. The second-order valence-corrected chi connectivity index (χ2v) is 5.72. The third kappa shape index (κ3) is 4.74. The van der Waals surface area contributed by atoms with Crippen molar-refractivity contribution < 1.29 is 14.6 Å². The maximum Gasteiger partial charge on any atom is 0.285 e. The molecule has 0 atom stereocenters. The molecule has 1 aliphatic rings. The fraction of sp³-hybridized carbons (Fsp3) is 0.357. The van der Waals surface area contributed by atoms with Gasteiger partial charge in [0.1, 0.15) is 12.5 Å². The highest BCUT2D eigenvalue weighted by molar-refractivity contribution is 8.16. The molecule has 0 aromatic carbocycles. The van der Waals surface area contributed by atoms with E-state index in [-0.39, 0.29) is 12.0 Å². The molecule has 1 rings (SSSR count). The van der Waals surface area contributed by atoms with Gasteiger partial charge in [0.25, 0.3) is 5.24 Å². The molecule has 0 bridgehead atoms. The number of thioether (sulfide) groups is 1. The molecule has 0 heterocycles. The highest BCUT2D eigenvalue weighted by atomic mass is 35.5. The largest absolute Gasteiger partial charge is 0.496 e. The van der Waals surface area contributed by atoms with Crippen LogP contribution in [0.2, 0.25) is 0 Å². The number of allylic oxidation sites excluding steroid dienone is 7. The zero-order chi connectivity index (χ0) is 15.1. The molecule has 4 nitrogen and oxygen atoms in total. The van der Waals surface area contributed by atoms with E-state index >= 15 is 0 Å². The quantitative estimate of drug-likeness (QED) is 0.777. The molecule has 0 spiro atoms. The Kier molecular flexibility index (Phi) is 6.91. The molecular formula is C14H18ClNO3S. The Morgan fingerprint density at radius 1 is 1.50 bits per heavy atom. The molecule has 2 N–H and O–H groups in total. The lowest BCUT2D eigenvalue weighted by atomic mass is 10.1. The molecule has 1 aliphatic carbocycles. The number of ether oxygens (including phenoxy) is 1. The monoisotopic (exact) mass is 315 g/mol. The summed E-state index contributed by atoms with van der Waals surface area (Å²) in [5.74, 6) is 0.647. The fourth-order valence-electron chi connectivity index (χ4n) is 1.60. The van der Waals surface area contributed by atoms with Crippen molar-refractivity contribution in [3.8, 4) is 0 Å². The maximum atomic E-state index is 11.4. The van der Waals surface area contributed by atoms with Crippen molar-refractivity contribution in [2.24, 2.45) is 0 Å². The standard InChI is InChI=1S/C14H18ClNO3S/c1-9(10(2)20-14(18)16-8-17)11-4-6-12(15)13(19-3)7-5-11/h4-5,7,17H,6,8H2,1-3H3,(H,16,18)/b10-9+. The van der Waals surface area contributed by atoms with E-state index in [1.165, 1.54) is 0 Å². The van der Waals surface area contributed by atoms with Crippen LogP contribution in [-0.2, 0) is 4.74 Å². The Morgan fingerprint density at radius 2 is 2.20 bits per heavy atom. The van der Waals surface area contributed by atoms with Gasteiger partial charge in [0.2, 0.25) is 0 Å². The van der Waals surface area contributed by atoms with Gasteiger partial charge in [-0.2, -0.15) is 0 Å². The number of rotatable bonds is 4. The van der Waals surface area contributed by atoms with Crippen LogP contribution < -0.4 is 5.32 Å². The van der Waals surface area contributed by atoms with Crippen LogP contribution in [0.4, 0.5) is 4.79 Å².